The van der Waals surface area contributed by atoms with Gasteiger partial charge < -0.3 is 4.98 Å². The summed E-state index contributed by atoms with van der Waals surface area (Å²) in [7, 11) is 0. The molecule has 0 saturated heterocycles. The van der Waals surface area contributed by atoms with Crippen molar-refractivity contribution in [3.63, 3.8) is 0 Å². The number of aryl methyl sites for hydroxylation is 3. The van der Waals surface area contributed by atoms with Crippen LogP contribution < -0.4 is 0 Å². The molecule has 2 aromatic heterocycles. The molecule has 0 saturated carbocycles. The van der Waals surface area contributed by atoms with Crippen molar-refractivity contribution < 1.29 is 8.78 Å². The molecule has 0 aliphatic carbocycles. The average molecular weight is 289 g/mol. The van der Waals surface area contributed by atoms with Gasteiger partial charge in [-0.2, -0.15) is 5.10 Å². The monoisotopic (exact) mass is 289 g/mol. The molecule has 110 valence electrons. The molecule has 1 aromatic carbocycles. The van der Waals surface area contributed by atoms with E-state index in [1.54, 1.807) is 19.2 Å². The molecular weight excluding hydrogens is 272 g/mol. The van der Waals surface area contributed by atoms with Gasteiger partial charge in [0.15, 0.2) is 5.82 Å². The zero-order valence-corrected chi connectivity index (χ0v) is 11.9. The second-order valence-electron chi connectivity index (χ2n) is 5.31. The van der Waals surface area contributed by atoms with Gasteiger partial charge in [-0.15, -0.1) is 0 Å². The molecule has 0 aliphatic rings. The molecule has 0 spiro atoms. The fourth-order valence-electron chi connectivity index (χ4n) is 2.59. The van der Waals surface area contributed by atoms with Gasteiger partial charge in [0.25, 0.3) is 0 Å². The quantitative estimate of drug-likeness (QED) is 0.708. The Morgan fingerprint density at radius 2 is 2.10 bits per heavy atom. The number of nitrogens with zero attached hydrogens (tertiary/aromatic N) is 2. The summed E-state index contributed by atoms with van der Waals surface area (Å²) in [4.78, 5) is 2.88. The Kier molecular flexibility index (Phi) is 3.73. The van der Waals surface area contributed by atoms with Crippen molar-refractivity contribution in [1.82, 2.24) is 14.8 Å². The minimum Gasteiger partial charge on any atom is -0.354 e. The lowest BCUT2D eigenvalue weighted by atomic mass is 10.1. The Morgan fingerprint density at radius 1 is 1.24 bits per heavy atom. The van der Waals surface area contributed by atoms with E-state index < -0.39 is 5.82 Å². The van der Waals surface area contributed by atoms with Gasteiger partial charge in [-0.1, -0.05) is 0 Å². The molecule has 3 rings (SSSR count). The van der Waals surface area contributed by atoms with Gasteiger partial charge in [-0.3, -0.25) is 4.68 Å². The van der Waals surface area contributed by atoms with Gasteiger partial charge in [0.1, 0.15) is 5.82 Å². The fraction of sp³-hybridized carbons (Fsp3) is 0.312. The summed E-state index contributed by atoms with van der Waals surface area (Å²) in [6.45, 7) is 2.57. The van der Waals surface area contributed by atoms with Crippen LogP contribution in [0.5, 0.6) is 0 Å². The van der Waals surface area contributed by atoms with E-state index in [1.807, 2.05) is 16.9 Å². The SMILES string of the molecule is Cc1cc(F)c2[nH]c(CCCCn3cccn3)c(F)c2c1. The van der Waals surface area contributed by atoms with Crippen molar-refractivity contribution in [3.8, 4) is 0 Å². The molecule has 0 fully saturated rings. The minimum atomic E-state index is -0.397. The Morgan fingerprint density at radius 3 is 2.86 bits per heavy atom. The number of hydrogen-bond donors (Lipinski definition) is 1. The van der Waals surface area contributed by atoms with Gasteiger partial charge in [0, 0.05) is 24.3 Å². The zero-order valence-electron chi connectivity index (χ0n) is 11.9. The van der Waals surface area contributed by atoms with Gasteiger partial charge in [0.05, 0.1) is 11.2 Å². The first-order valence-corrected chi connectivity index (χ1v) is 7.09. The number of H-pyrrole nitrogens is 1. The molecule has 1 N–H and O–H groups in total. The fourth-order valence-corrected chi connectivity index (χ4v) is 2.59. The maximum absolute atomic E-state index is 14.3. The van der Waals surface area contributed by atoms with Gasteiger partial charge >= 0.3 is 0 Å². The molecule has 2 heterocycles. The second kappa shape index (κ2) is 5.68. The first-order valence-electron chi connectivity index (χ1n) is 7.09. The molecular formula is C16H17F2N3. The topological polar surface area (TPSA) is 33.6 Å². The van der Waals surface area contributed by atoms with E-state index in [1.165, 1.54) is 6.07 Å². The molecule has 3 nitrogen and oxygen atoms in total. The van der Waals surface area contributed by atoms with Crippen LogP contribution in [0.3, 0.4) is 0 Å². The van der Waals surface area contributed by atoms with Crippen molar-refractivity contribution in [2.75, 3.05) is 0 Å². The lowest BCUT2D eigenvalue weighted by Gasteiger charge is -2.01. The molecule has 0 bridgehead atoms. The van der Waals surface area contributed by atoms with Gasteiger partial charge in [0.2, 0.25) is 0 Å². The van der Waals surface area contributed by atoms with E-state index >= 15 is 0 Å². The highest BCUT2D eigenvalue weighted by Gasteiger charge is 2.14. The Balaban J connectivity index is 1.69. The van der Waals surface area contributed by atoms with E-state index in [9.17, 15) is 8.78 Å². The van der Waals surface area contributed by atoms with Crippen molar-refractivity contribution in [3.05, 3.63) is 53.5 Å². The Labute approximate surface area is 121 Å². The van der Waals surface area contributed by atoms with E-state index in [0.717, 1.165) is 24.9 Å². The maximum atomic E-state index is 14.3. The summed E-state index contributed by atoms with van der Waals surface area (Å²) >= 11 is 0. The number of nitrogens with one attached hydrogen (secondary N) is 1. The summed E-state index contributed by atoms with van der Waals surface area (Å²) in [5.74, 6) is -0.724. The zero-order chi connectivity index (χ0) is 14.8. The van der Waals surface area contributed by atoms with Crippen LogP contribution in [0.1, 0.15) is 24.1 Å². The summed E-state index contributed by atoms with van der Waals surface area (Å²) in [6, 6.07) is 4.97. The molecule has 0 atom stereocenters. The van der Waals surface area contributed by atoms with Crippen LogP contribution in [0, 0.1) is 18.6 Å². The van der Waals surface area contributed by atoms with Crippen LogP contribution in [-0.4, -0.2) is 14.8 Å². The number of benzene rings is 1. The first kappa shape index (κ1) is 13.8. The summed E-state index contributed by atoms with van der Waals surface area (Å²) in [5, 5.41) is 4.46. The average Bonchev–Trinajstić information content (AvgIpc) is 3.05. The van der Waals surface area contributed by atoms with Crippen molar-refractivity contribution in [2.45, 2.75) is 32.7 Å². The number of unbranched alkanes of at least 4 members (excludes halogenated alkanes) is 1. The molecule has 3 aromatic rings. The van der Waals surface area contributed by atoms with Crippen LogP contribution in [0.4, 0.5) is 8.78 Å². The smallest absolute Gasteiger partial charge is 0.151 e. The summed E-state index contributed by atoms with van der Waals surface area (Å²) in [5.41, 5.74) is 1.47. The third-order valence-electron chi connectivity index (χ3n) is 3.64. The van der Waals surface area contributed by atoms with Crippen molar-refractivity contribution in [2.24, 2.45) is 0 Å². The normalized spacial score (nSPS) is 11.4. The Bertz CT molecular complexity index is 745. The second-order valence-corrected chi connectivity index (χ2v) is 5.31. The highest BCUT2D eigenvalue weighted by atomic mass is 19.1. The molecule has 0 radical (unpaired) electrons. The molecule has 0 unspecified atom stereocenters. The number of halogens is 2. The molecule has 0 amide bonds. The third kappa shape index (κ3) is 2.82. The number of hydrogen-bond acceptors (Lipinski definition) is 1. The number of aromatic nitrogens is 3. The summed E-state index contributed by atoms with van der Waals surface area (Å²) < 4.78 is 29.9. The van der Waals surface area contributed by atoms with Crippen molar-refractivity contribution in [1.29, 1.82) is 0 Å². The molecule has 5 heteroatoms. The van der Waals surface area contributed by atoms with Crippen LogP contribution >= 0.6 is 0 Å². The molecule has 21 heavy (non-hydrogen) atoms. The predicted octanol–water partition coefficient (Wildman–Crippen LogP) is 3.97. The van der Waals surface area contributed by atoms with E-state index in [4.69, 9.17) is 0 Å². The lowest BCUT2D eigenvalue weighted by Crippen LogP contribution is -1.99. The van der Waals surface area contributed by atoms with Crippen LogP contribution in [-0.2, 0) is 13.0 Å². The van der Waals surface area contributed by atoms with Crippen LogP contribution in [0.2, 0.25) is 0 Å². The van der Waals surface area contributed by atoms with E-state index in [2.05, 4.69) is 10.1 Å². The third-order valence-corrected chi connectivity index (χ3v) is 3.64. The van der Waals surface area contributed by atoms with Gasteiger partial charge in [-0.25, -0.2) is 8.78 Å². The minimum absolute atomic E-state index is 0.264. The largest absolute Gasteiger partial charge is 0.354 e. The highest BCUT2D eigenvalue weighted by Crippen LogP contribution is 2.25. The first-order chi connectivity index (χ1) is 10.1. The number of fused-ring (bicyclic) bond motifs is 1. The van der Waals surface area contributed by atoms with Crippen molar-refractivity contribution >= 4 is 10.9 Å². The maximum Gasteiger partial charge on any atom is 0.151 e. The predicted molar refractivity (Wildman–Crippen MR) is 78.1 cm³/mol. The number of rotatable bonds is 5. The van der Waals surface area contributed by atoms with Gasteiger partial charge in [-0.05, 0) is 49.9 Å². The number of aromatic amines is 1. The van der Waals surface area contributed by atoms with Crippen LogP contribution in [0.25, 0.3) is 10.9 Å². The standard InChI is InChI=1S/C16H17F2N3/c1-11-9-12-15(18)14(20-16(12)13(17)10-11)5-2-3-7-21-8-4-6-19-21/h4,6,8-10,20H,2-3,5,7H2,1H3. The highest BCUT2D eigenvalue weighted by molar-refractivity contribution is 5.82. The Hall–Kier alpha value is -2.17. The van der Waals surface area contributed by atoms with E-state index in [-0.39, 0.29) is 11.3 Å². The summed E-state index contributed by atoms with van der Waals surface area (Å²) in [6.07, 6.45) is 5.94. The van der Waals surface area contributed by atoms with Crippen LogP contribution in [0.15, 0.2) is 30.6 Å². The molecule has 0 aliphatic heterocycles. The lowest BCUT2D eigenvalue weighted by molar-refractivity contribution is 0.546. The van der Waals surface area contributed by atoms with E-state index in [0.29, 0.717) is 17.5 Å².